The van der Waals surface area contributed by atoms with Gasteiger partial charge in [-0.1, -0.05) is 11.6 Å². The van der Waals surface area contributed by atoms with Crippen LogP contribution in [-0.2, 0) is 13.6 Å². The summed E-state index contributed by atoms with van der Waals surface area (Å²) < 4.78 is 1.82. The van der Waals surface area contributed by atoms with Crippen LogP contribution in [0.5, 0.6) is 0 Å². The van der Waals surface area contributed by atoms with E-state index in [1.807, 2.05) is 17.9 Å². The molecule has 1 saturated heterocycles. The number of aryl methyl sites for hydroxylation is 1. The highest BCUT2D eigenvalue weighted by Gasteiger charge is 2.16. The third-order valence-electron chi connectivity index (χ3n) is 3.85. The quantitative estimate of drug-likeness (QED) is 0.771. The smallest absolute Gasteiger partial charge is 0.0738 e. The molecule has 1 aromatic rings. The third-order valence-corrected chi connectivity index (χ3v) is 3.85. The Kier molecular flexibility index (Phi) is 5.13. The van der Waals surface area contributed by atoms with E-state index >= 15 is 0 Å². The van der Waals surface area contributed by atoms with Gasteiger partial charge >= 0.3 is 0 Å². The van der Waals surface area contributed by atoms with Gasteiger partial charge in [0.05, 0.1) is 11.9 Å². The van der Waals surface area contributed by atoms with E-state index in [9.17, 15) is 0 Å². The summed E-state index contributed by atoms with van der Waals surface area (Å²) in [6.45, 7) is 6.78. The average molecular weight is 251 g/mol. The molecule has 1 atom stereocenters. The lowest BCUT2D eigenvalue weighted by atomic mass is 10.0. The van der Waals surface area contributed by atoms with E-state index in [0.29, 0.717) is 0 Å². The minimum Gasteiger partial charge on any atom is -0.311 e. The van der Waals surface area contributed by atoms with Crippen LogP contribution in [0.4, 0.5) is 0 Å². The predicted octanol–water partition coefficient (Wildman–Crippen LogP) is 1.17. The maximum Gasteiger partial charge on any atom is 0.0738 e. The van der Waals surface area contributed by atoms with Gasteiger partial charge < -0.3 is 10.2 Å². The van der Waals surface area contributed by atoms with Crippen LogP contribution in [0.1, 0.15) is 38.3 Å². The lowest BCUT2D eigenvalue weighted by molar-refractivity contribution is 0.159. The highest BCUT2D eigenvalue weighted by atomic mass is 15.4. The molecule has 0 saturated carbocycles. The molecule has 0 spiro atoms. The molecule has 2 heterocycles. The summed E-state index contributed by atoms with van der Waals surface area (Å²) in [5, 5.41) is 11.2. The molecule has 0 radical (unpaired) electrons. The fourth-order valence-corrected chi connectivity index (χ4v) is 2.58. The van der Waals surface area contributed by atoms with Crippen molar-refractivity contribution in [3.63, 3.8) is 0 Å². The maximum atomic E-state index is 3.92. The molecule has 0 aromatic carbocycles. The fraction of sp³-hybridized carbons (Fsp3) is 0.846. The van der Waals surface area contributed by atoms with Gasteiger partial charge in [0.15, 0.2) is 0 Å². The lowest BCUT2D eigenvalue weighted by Crippen LogP contribution is -2.38. The van der Waals surface area contributed by atoms with Crippen molar-refractivity contribution in [2.75, 3.05) is 19.6 Å². The monoisotopic (exact) mass is 251 g/mol. The summed E-state index contributed by atoms with van der Waals surface area (Å²) in [6.07, 6.45) is 7.19. The molecule has 5 nitrogen and oxygen atoms in total. The number of nitrogens with one attached hydrogen (secondary N) is 1. The van der Waals surface area contributed by atoms with Crippen molar-refractivity contribution in [2.24, 2.45) is 7.05 Å². The van der Waals surface area contributed by atoms with E-state index < -0.39 is 0 Å². The zero-order valence-corrected chi connectivity index (χ0v) is 11.6. The molecule has 1 aliphatic rings. The molecule has 18 heavy (non-hydrogen) atoms. The Morgan fingerprint density at radius 3 is 3.06 bits per heavy atom. The molecule has 5 heteroatoms. The van der Waals surface area contributed by atoms with Crippen molar-refractivity contribution < 1.29 is 0 Å². The van der Waals surface area contributed by atoms with Gasteiger partial charge in [-0.25, -0.2) is 0 Å². The normalized spacial score (nSPS) is 21.3. The van der Waals surface area contributed by atoms with E-state index in [0.717, 1.165) is 24.8 Å². The van der Waals surface area contributed by atoms with Crippen LogP contribution in [0.3, 0.4) is 0 Å². The molecule has 1 aliphatic heterocycles. The largest absolute Gasteiger partial charge is 0.311 e. The summed E-state index contributed by atoms with van der Waals surface area (Å²) in [5.74, 6) is 0. The first-order valence-electron chi connectivity index (χ1n) is 7.05. The lowest BCUT2D eigenvalue weighted by Gasteiger charge is -2.33. The summed E-state index contributed by atoms with van der Waals surface area (Å²) in [7, 11) is 1.93. The first-order chi connectivity index (χ1) is 8.77. The van der Waals surface area contributed by atoms with Gasteiger partial charge in [-0.15, -0.1) is 5.10 Å². The molecule has 1 aromatic heterocycles. The van der Waals surface area contributed by atoms with Crippen LogP contribution in [-0.4, -0.2) is 45.6 Å². The minimum absolute atomic E-state index is 0.778. The van der Waals surface area contributed by atoms with E-state index in [-0.39, 0.29) is 0 Å². The molecule has 102 valence electrons. The van der Waals surface area contributed by atoms with Crippen molar-refractivity contribution in [1.29, 1.82) is 0 Å². The van der Waals surface area contributed by atoms with Gasteiger partial charge in [0.2, 0.25) is 0 Å². The Morgan fingerprint density at radius 2 is 2.33 bits per heavy atom. The molecule has 0 aliphatic carbocycles. The minimum atomic E-state index is 0.778. The first-order valence-corrected chi connectivity index (χ1v) is 7.05. The summed E-state index contributed by atoms with van der Waals surface area (Å²) in [4.78, 5) is 2.62. The third kappa shape index (κ3) is 3.78. The zero-order chi connectivity index (χ0) is 12.8. The number of aromatic nitrogens is 3. The van der Waals surface area contributed by atoms with Gasteiger partial charge in [-0.3, -0.25) is 4.68 Å². The molecule has 0 amide bonds. The van der Waals surface area contributed by atoms with Gasteiger partial charge in [-0.05, 0) is 45.8 Å². The van der Waals surface area contributed by atoms with Crippen LogP contribution in [0.25, 0.3) is 0 Å². The number of piperidine rings is 1. The number of nitrogens with zero attached hydrogens (tertiary/aromatic N) is 4. The second kappa shape index (κ2) is 6.85. The summed E-state index contributed by atoms with van der Waals surface area (Å²) in [5.41, 5.74) is 1.14. The second-order valence-electron chi connectivity index (χ2n) is 5.26. The van der Waals surface area contributed by atoms with Crippen molar-refractivity contribution in [3.8, 4) is 0 Å². The molecule has 1 unspecified atom stereocenters. The number of likely N-dealkylation sites (tertiary alicyclic amines) is 1. The van der Waals surface area contributed by atoms with Gasteiger partial charge in [0.25, 0.3) is 0 Å². The Balaban J connectivity index is 1.57. The Morgan fingerprint density at radius 1 is 1.44 bits per heavy atom. The molecular formula is C13H25N5. The Labute approximate surface area is 110 Å². The zero-order valence-electron chi connectivity index (χ0n) is 11.6. The predicted molar refractivity (Wildman–Crippen MR) is 72.2 cm³/mol. The standard InChI is InChI=1S/C13H25N5/c1-12-6-3-4-8-18(12)9-5-7-14-10-13-11-15-16-17(13)2/h11-12,14H,3-10H2,1-2H3. The topological polar surface area (TPSA) is 46.0 Å². The molecule has 2 rings (SSSR count). The Hall–Kier alpha value is -0.940. The van der Waals surface area contributed by atoms with E-state index in [4.69, 9.17) is 0 Å². The van der Waals surface area contributed by atoms with Crippen LogP contribution < -0.4 is 5.32 Å². The SMILES string of the molecule is CC1CCCCN1CCCNCc1cnnn1C. The van der Waals surface area contributed by atoms with E-state index in [1.165, 1.54) is 38.8 Å². The summed E-state index contributed by atoms with van der Waals surface area (Å²) in [6, 6.07) is 0.778. The number of hydrogen-bond acceptors (Lipinski definition) is 4. The maximum absolute atomic E-state index is 3.92. The molecule has 1 fully saturated rings. The van der Waals surface area contributed by atoms with Crippen LogP contribution >= 0.6 is 0 Å². The van der Waals surface area contributed by atoms with Gasteiger partial charge in [-0.2, -0.15) is 0 Å². The number of hydrogen-bond donors (Lipinski definition) is 1. The van der Waals surface area contributed by atoms with E-state index in [2.05, 4.69) is 27.5 Å². The first kappa shape index (κ1) is 13.5. The van der Waals surface area contributed by atoms with Crippen LogP contribution in [0, 0.1) is 0 Å². The van der Waals surface area contributed by atoms with Crippen molar-refractivity contribution in [3.05, 3.63) is 11.9 Å². The molecule has 0 bridgehead atoms. The highest BCUT2D eigenvalue weighted by molar-refractivity contribution is 4.91. The molecular weight excluding hydrogens is 226 g/mol. The number of rotatable bonds is 6. The second-order valence-corrected chi connectivity index (χ2v) is 5.26. The fourth-order valence-electron chi connectivity index (χ4n) is 2.58. The van der Waals surface area contributed by atoms with Gasteiger partial charge in [0.1, 0.15) is 0 Å². The van der Waals surface area contributed by atoms with Crippen LogP contribution in [0.15, 0.2) is 6.20 Å². The average Bonchev–Trinajstić information content (AvgIpc) is 2.77. The highest BCUT2D eigenvalue weighted by Crippen LogP contribution is 2.15. The van der Waals surface area contributed by atoms with Crippen molar-refractivity contribution in [1.82, 2.24) is 25.2 Å². The Bertz CT molecular complexity index is 349. The summed E-state index contributed by atoms with van der Waals surface area (Å²) >= 11 is 0. The van der Waals surface area contributed by atoms with Gasteiger partial charge in [0, 0.05) is 19.6 Å². The van der Waals surface area contributed by atoms with Crippen molar-refractivity contribution >= 4 is 0 Å². The van der Waals surface area contributed by atoms with Crippen LogP contribution in [0.2, 0.25) is 0 Å². The van der Waals surface area contributed by atoms with Crippen molar-refractivity contribution in [2.45, 2.75) is 45.2 Å². The molecule has 1 N–H and O–H groups in total. The van der Waals surface area contributed by atoms with E-state index in [1.54, 1.807) is 0 Å².